The third kappa shape index (κ3) is 2.41. The summed E-state index contributed by atoms with van der Waals surface area (Å²) in [5.41, 5.74) is 7.08. The van der Waals surface area contributed by atoms with Crippen molar-refractivity contribution in [2.45, 2.75) is 25.3 Å². The lowest BCUT2D eigenvalue weighted by molar-refractivity contribution is 0.597. The summed E-state index contributed by atoms with van der Waals surface area (Å²) in [4.78, 5) is 0. The fourth-order valence-electron chi connectivity index (χ4n) is 1.64. The van der Waals surface area contributed by atoms with Gasteiger partial charge in [0.1, 0.15) is 0 Å². The molecule has 1 aromatic carbocycles. The molecular formula is C11H13Cl2N. The Balaban J connectivity index is 2.13. The van der Waals surface area contributed by atoms with Gasteiger partial charge in [0.2, 0.25) is 0 Å². The summed E-state index contributed by atoms with van der Waals surface area (Å²) in [7, 11) is 0. The average molecular weight is 230 g/mol. The molecule has 3 heteroatoms. The van der Waals surface area contributed by atoms with Crippen molar-refractivity contribution in [1.82, 2.24) is 0 Å². The van der Waals surface area contributed by atoms with E-state index in [9.17, 15) is 0 Å². The van der Waals surface area contributed by atoms with Crippen LogP contribution in [0.4, 0.5) is 0 Å². The van der Waals surface area contributed by atoms with Gasteiger partial charge in [0.25, 0.3) is 0 Å². The number of benzene rings is 1. The molecule has 0 radical (unpaired) electrons. The number of hydrogen-bond donors (Lipinski definition) is 1. The Morgan fingerprint density at radius 1 is 1.36 bits per heavy atom. The monoisotopic (exact) mass is 229 g/mol. The van der Waals surface area contributed by atoms with Crippen molar-refractivity contribution in [3.05, 3.63) is 33.8 Å². The summed E-state index contributed by atoms with van der Waals surface area (Å²) in [6.45, 7) is 0. The Morgan fingerprint density at radius 3 is 2.64 bits per heavy atom. The van der Waals surface area contributed by atoms with Gasteiger partial charge in [-0.3, -0.25) is 0 Å². The van der Waals surface area contributed by atoms with Gasteiger partial charge in [-0.15, -0.1) is 0 Å². The third-order valence-corrected chi connectivity index (χ3v) is 3.21. The zero-order chi connectivity index (χ0) is 10.1. The van der Waals surface area contributed by atoms with E-state index in [1.165, 1.54) is 12.8 Å². The first-order chi connectivity index (χ1) is 6.66. The van der Waals surface area contributed by atoms with E-state index >= 15 is 0 Å². The zero-order valence-corrected chi connectivity index (χ0v) is 9.35. The van der Waals surface area contributed by atoms with Crippen LogP contribution < -0.4 is 5.73 Å². The molecule has 0 saturated heterocycles. The lowest BCUT2D eigenvalue weighted by Gasteiger charge is -2.13. The van der Waals surface area contributed by atoms with Crippen LogP contribution in [0.15, 0.2) is 18.2 Å². The molecule has 1 saturated carbocycles. The van der Waals surface area contributed by atoms with Gasteiger partial charge in [-0.05, 0) is 30.0 Å². The van der Waals surface area contributed by atoms with Crippen LogP contribution in [0, 0.1) is 5.92 Å². The molecule has 2 N–H and O–H groups in total. The Hall–Kier alpha value is -0.240. The van der Waals surface area contributed by atoms with Crippen LogP contribution in [0.1, 0.15) is 30.9 Å². The highest BCUT2D eigenvalue weighted by Gasteiger charge is 2.25. The van der Waals surface area contributed by atoms with Gasteiger partial charge in [0.15, 0.2) is 0 Å². The number of nitrogens with two attached hydrogens (primary N) is 1. The first-order valence-electron chi connectivity index (χ1n) is 4.87. The van der Waals surface area contributed by atoms with Gasteiger partial charge in [-0.25, -0.2) is 0 Å². The maximum atomic E-state index is 6.06. The van der Waals surface area contributed by atoms with Crippen LogP contribution in [0.25, 0.3) is 0 Å². The van der Waals surface area contributed by atoms with Crippen molar-refractivity contribution in [3.63, 3.8) is 0 Å². The lowest BCUT2D eigenvalue weighted by atomic mass is 10.0. The second kappa shape index (κ2) is 4.09. The molecule has 1 aromatic rings. The minimum absolute atomic E-state index is 0.0623. The molecule has 0 amide bonds. The molecule has 1 aliphatic carbocycles. The van der Waals surface area contributed by atoms with Crippen LogP contribution in [0.2, 0.25) is 10.0 Å². The van der Waals surface area contributed by atoms with Crippen molar-refractivity contribution < 1.29 is 0 Å². The summed E-state index contributed by atoms with van der Waals surface area (Å²) >= 11 is 11.9. The first-order valence-corrected chi connectivity index (χ1v) is 5.63. The number of halogens is 2. The van der Waals surface area contributed by atoms with Gasteiger partial charge in [0.05, 0.1) is 0 Å². The molecule has 0 aromatic heterocycles. The largest absolute Gasteiger partial charge is 0.324 e. The van der Waals surface area contributed by atoms with E-state index in [4.69, 9.17) is 28.9 Å². The SMILES string of the molecule is NC(CC1CC1)c1ccc(Cl)cc1Cl. The zero-order valence-electron chi connectivity index (χ0n) is 7.84. The van der Waals surface area contributed by atoms with E-state index in [0.717, 1.165) is 17.9 Å². The summed E-state index contributed by atoms with van der Waals surface area (Å²) in [6.07, 6.45) is 3.68. The van der Waals surface area contributed by atoms with E-state index < -0.39 is 0 Å². The van der Waals surface area contributed by atoms with Crippen LogP contribution in [0.3, 0.4) is 0 Å². The standard InChI is InChI=1S/C11H13Cl2N/c12-8-3-4-9(10(13)6-8)11(14)5-7-1-2-7/h3-4,6-7,11H,1-2,5,14H2. The van der Waals surface area contributed by atoms with Crippen molar-refractivity contribution in [2.24, 2.45) is 11.7 Å². The molecule has 1 unspecified atom stereocenters. The smallest absolute Gasteiger partial charge is 0.0468 e. The predicted molar refractivity (Wildman–Crippen MR) is 60.7 cm³/mol. The fourth-order valence-corrected chi connectivity index (χ4v) is 2.19. The third-order valence-electron chi connectivity index (χ3n) is 2.65. The van der Waals surface area contributed by atoms with Gasteiger partial charge in [-0.2, -0.15) is 0 Å². The molecule has 0 aliphatic heterocycles. The summed E-state index contributed by atoms with van der Waals surface area (Å²) in [5.74, 6) is 0.816. The molecule has 0 spiro atoms. The molecule has 76 valence electrons. The van der Waals surface area contributed by atoms with E-state index in [2.05, 4.69) is 0 Å². The highest BCUT2D eigenvalue weighted by Crippen LogP contribution is 2.38. The highest BCUT2D eigenvalue weighted by molar-refractivity contribution is 6.35. The lowest BCUT2D eigenvalue weighted by Crippen LogP contribution is -2.11. The number of hydrogen-bond acceptors (Lipinski definition) is 1. The second-order valence-electron chi connectivity index (χ2n) is 3.95. The van der Waals surface area contributed by atoms with E-state index in [1.54, 1.807) is 6.07 Å². The molecule has 2 rings (SSSR count). The Kier molecular flexibility index (Phi) is 3.01. The van der Waals surface area contributed by atoms with Crippen LogP contribution in [-0.4, -0.2) is 0 Å². The average Bonchev–Trinajstić information content (AvgIpc) is 2.87. The van der Waals surface area contributed by atoms with E-state index in [-0.39, 0.29) is 6.04 Å². The molecule has 1 aliphatic rings. The fraction of sp³-hybridized carbons (Fsp3) is 0.455. The van der Waals surface area contributed by atoms with Crippen LogP contribution in [0.5, 0.6) is 0 Å². The highest BCUT2D eigenvalue weighted by atomic mass is 35.5. The van der Waals surface area contributed by atoms with Gasteiger partial charge in [0, 0.05) is 16.1 Å². The molecule has 14 heavy (non-hydrogen) atoms. The van der Waals surface area contributed by atoms with Crippen molar-refractivity contribution >= 4 is 23.2 Å². The van der Waals surface area contributed by atoms with Crippen molar-refractivity contribution in [1.29, 1.82) is 0 Å². The predicted octanol–water partition coefficient (Wildman–Crippen LogP) is 3.79. The first kappa shape index (κ1) is 10.3. The topological polar surface area (TPSA) is 26.0 Å². The molecule has 1 nitrogen and oxygen atoms in total. The number of rotatable bonds is 3. The van der Waals surface area contributed by atoms with Crippen molar-refractivity contribution in [3.8, 4) is 0 Å². The van der Waals surface area contributed by atoms with E-state index in [1.807, 2.05) is 12.1 Å². The Morgan fingerprint density at radius 2 is 2.07 bits per heavy atom. The molecule has 1 atom stereocenters. The molecule has 1 fully saturated rings. The summed E-state index contributed by atoms with van der Waals surface area (Å²) in [5, 5.41) is 1.35. The minimum atomic E-state index is 0.0623. The van der Waals surface area contributed by atoms with Gasteiger partial charge in [-0.1, -0.05) is 42.1 Å². The Bertz CT molecular complexity index is 334. The van der Waals surface area contributed by atoms with Crippen LogP contribution >= 0.6 is 23.2 Å². The quantitative estimate of drug-likeness (QED) is 0.839. The molecular weight excluding hydrogens is 217 g/mol. The summed E-state index contributed by atoms with van der Waals surface area (Å²) in [6, 6.07) is 5.59. The second-order valence-corrected chi connectivity index (χ2v) is 4.80. The van der Waals surface area contributed by atoms with Gasteiger partial charge >= 0.3 is 0 Å². The summed E-state index contributed by atoms with van der Waals surface area (Å²) < 4.78 is 0. The van der Waals surface area contributed by atoms with Gasteiger partial charge < -0.3 is 5.73 Å². The van der Waals surface area contributed by atoms with Crippen molar-refractivity contribution in [2.75, 3.05) is 0 Å². The normalized spacial score (nSPS) is 18.2. The Labute approximate surface area is 94.2 Å². The van der Waals surface area contributed by atoms with E-state index in [0.29, 0.717) is 10.0 Å². The maximum Gasteiger partial charge on any atom is 0.0468 e. The maximum absolute atomic E-state index is 6.06. The van der Waals surface area contributed by atoms with Crippen LogP contribution in [-0.2, 0) is 0 Å². The molecule has 0 bridgehead atoms. The molecule has 0 heterocycles. The minimum Gasteiger partial charge on any atom is -0.324 e.